The second-order valence-electron chi connectivity index (χ2n) is 5.43. The molecule has 21 heavy (non-hydrogen) atoms. The fraction of sp³-hybridized carbons (Fsp3) is 0.533. The highest BCUT2D eigenvalue weighted by Gasteiger charge is 2.36. The molecule has 2 saturated heterocycles. The van der Waals surface area contributed by atoms with Crippen LogP contribution < -0.4 is 0 Å². The van der Waals surface area contributed by atoms with Crippen LogP contribution in [0.5, 0.6) is 0 Å². The minimum Gasteiger partial charge on any atom is -0.341 e. The molecular weight excluding hydrogens is 286 g/mol. The Morgan fingerprint density at radius 1 is 1.33 bits per heavy atom. The summed E-state index contributed by atoms with van der Waals surface area (Å²) in [5, 5.41) is 0. The number of rotatable bonds is 3. The highest BCUT2D eigenvalue weighted by Crippen LogP contribution is 2.23. The lowest BCUT2D eigenvalue weighted by Gasteiger charge is -2.28. The minimum atomic E-state index is -0.177. The van der Waals surface area contributed by atoms with E-state index in [0.29, 0.717) is 19.5 Å². The fourth-order valence-electron chi connectivity index (χ4n) is 2.82. The Morgan fingerprint density at radius 2 is 2.14 bits per heavy atom. The Morgan fingerprint density at radius 3 is 2.86 bits per heavy atom. The first-order valence-electron chi connectivity index (χ1n) is 7.28. The summed E-state index contributed by atoms with van der Waals surface area (Å²) in [5.41, 5.74) is 0.869. The van der Waals surface area contributed by atoms with Crippen LogP contribution in [0.2, 0.25) is 0 Å². The molecule has 1 atom stereocenters. The molecule has 2 fully saturated rings. The molecule has 0 saturated carbocycles. The van der Waals surface area contributed by atoms with Gasteiger partial charge < -0.3 is 9.80 Å². The predicted octanol–water partition coefficient (Wildman–Crippen LogP) is 1.01. The molecule has 6 heteroatoms. The third-order valence-electron chi connectivity index (χ3n) is 3.97. The molecule has 1 aromatic heterocycles. The van der Waals surface area contributed by atoms with Gasteiger partial charge in [0.15, 0.2) is 0 Å². The average molecular weight is 305 g/mol. The van der Waals surface area contributed by atoms with Crippen molar-refractivity contribution in [1.82, 2.24) is 14.8 Å². The molecule has 2 aliphatic rings. The van der Waals surface area contributed by atoms with E-state index in [0.717, 1.165) is 30.3 Å². The van der Waals surface area contributed by atoms with E-state index in [1.807, 2.05) is 34.9 Å². The smallest absolute Gasteiger partial charge is 0.228 e. The number of nitrogens with zero attached hydrogens (tertiary/aromatic N) is 3. The van der Waals surface area contributed by atoms with Gasteiger partial charge in [0, 0.05) is 43.8 Å². The average Bonchev–Trinajstić information content (AvgIpc) is 2.89. The van der Waals surface area contributed by atoms with E-state index in [2.05, 4.69) is 4.98 Å². The molecule has 0 N–H and O–H groups in total. The zero-order chi connectivity index (χ0) is 14.7. The summed E-state index contributed by atoms with van der Waals surface area (Å²) in [7, 11) is 0. The molecule has 3 heterocycles. The van der Waals surface area contributed by atoms with E-state index in [9.17, 15) is 9.59 Å². The van der Waals surface area contributed by atoms with Gasteiger partial charge in [0.2, 0.25) is 11.8 Å². The molecule has 2 amide bonds. The van der Waals surface area contributed by atoms with Gasteiger partial charge in [-0.25, -0.2) is 0 Å². The van der Waals surface area contributed by atoms with E-state index in [-0.39, 0.29) is 17.7 Å². The van der Waals surface area contributed by atoms with Gasteiger partial charge in [0.25, 0.3) is 0 Å². The van der Waals surface area contributed by atoms with E-state index in [1.54, 1.807) is 11.1 Å². The molecule has 2 aliphatic heterocycles. The zero-order valence-corrected chi connectivity index (χ0v) is 12.7. The maximum absolute atomic E-state index is 12.5. The Bertz CT molecular complexity index is 517. The van der Waals surface area contributed by atoms with Crippen molar-refractivity contribution in [3.05, 3.63) is 30.1 Å². The molecule has 0 radical (unpaired) electrons. The van der Waals surface area contributed by atoms with Crippen LogP contribution in [0.3, 0.4) is 0 Å². The maximum atomic E-state index is 12.5. The lowest BCUT2D eigenvalue weighted by atomic mass is 10.1. The Kier molecular flexibility index (Phi) is 4.43. The summed E-state index contributed by atoms with van der Waals surface area (Å²) in [4.78, 5) is 32.5. The number of amides is 2. The molecule has 0 aromatic carbocycles. The third kappa shape index (κ3) is 3.37. The van der Waals surface area contributed by atoms with Crippen molar-refractivity contribution < 1.29 is 9.59 Å². The number of pyridine rings is 1. The normalized spacial score (nSPS) is 22.7. The summed E-state index contributed by atoms with van der Waals surface area (Å²) in [6, 6.07) is 5.68. The Balaban J connectivity index is 1.60. The van der Waals surface area contributed by atoms with Crippen molar-refractivity contribution in [3.63, 3.8) is 0 Å². The van der Waals surface area contributed by atoms with E-state index < -0.39 is 0 Å². The summed E-state index contributed by atoms with van der Waals surface area (Å²) in [5.74, 6) is 2.04. The monoisotopic (exact) mass is 305 g/mol. The molecule has 1 unspecified atom stereocenters. The lowest BCUT2D eigenvalue weighted by molar-refractivity contribution is -0.135. The van der Waals surface area contributed by atoms with Crippen molar-refractivity contribution in [3.8, 4) is 0 Å². The van der Waals surface area contributed by atoms with Crippen LogP contribution in [0.15, 0.2) is 24.4 Å². The summed E-state index contributed by atoms with van der Waals surface area (Å²) in [6.45, 7) is 2.65. The summed E-state index contributed by atoms with van der Waals surface area (Å²) in [6.07, 6.45) is 2.07. The Labute approximate surface area is 128 Å². The first kappa shape index (κ1) is 14.4. The maximum Gasteiger partial charge on any atom is 0.228 e. The number of likely N-dealkylation sites (tertiary alicyclic amines) is 1. The first-order chi connectivity index (χ1) is 10.2. The molecule has 0 bridgehead atoms. The molecule has 5 nitrogen and oxygen atoms in total. The van der Waals surface area contributed by atoms with Crippen LogP contribution in [0.4, 0.5) is 0 Å². The highest BCUT2D eigenvalue weighted by atomic mass is 32.2. The minimum absolute atomic E-state index is 0.0605. The third-order valence-corrected chi connectivity index (χ3v) is 4.91. The van der Waals surface area contributed by atoms with Gasteiger partial charge in [-0.1, -0.05) is 6.07 Å². The number of hydrogen-bond donors (Lipinski definition) is 0. The van der Waals surface area contributed by atoms with Gasteiger partial charge in [0.1, 0.15) is 0 Å². The SMILES string of the molecule is O=C1CC(C(=O)N2CCSCC2)CN1Cc1ccccn1. The van der Waals surface area contributed by atoms with Crippen LogP contribution in [0.1, 0.15) is 12.1 Å². The number of thioether (sulfide) groups is 1. The van der Waals surface area contributed by atoms with Crippen LogP contribution in [0, 0.1) is 5.92 Å². The number of hydrogen-bond acceptors (Lipinski definition) is 4. The van der Waals surface area contributed by atoms with Crippen molar-refractivity contribution in [2.75, 3.05) is 31.1 Å². The highest BCUT2D eigenvalue weighted by molar-refractivity contribution is 7.99. The van der Waals surface area contributed by atoms with E-state index in [4.69, 9.17) is 0 Å². The summed E-state index contributed by atoms with van der Waals surface area (Å²) < 4.78 is 0. The molecule has 0 aliphatic carbocycles. The molecule has 112 valence electrons. The zero-order valence-electron chi connectivity index (χ0n) is 11.9. The Hall–Kier alpha value is -1.56. The first-order valence-corrected chi connectivity index (χ1v) is 8.44. The lowest BCUT2D eigenvalue weighted by Crippen LogP contribution is -2.42. The standard InChI is InChI=1S/C15H19N3O2S/c19-14-9-12(15(20)17-5-7-21-8-6-17)10-18(14)11-13-3-1-2-4-16-13/h1-4,12H,5-11H2. The van der Waals surface area contributed by atoms with Crippen molar-refractivity contribution in [2.24, 2.45) is 5.92 Å². The van der Waals surface area contributed by atoms with Gasteiger partial charge in [-0.2, -0.15) is 11.8 Å². The quantitative estimate of drug-likeness (QED) is 0.836. The number of carbonyl (C=O) groups excluding carboxylic acids is 2. The van der Waals surface area contributed by atoms with E-state index in [1.165, 1.54) is 0 Å². The van der Waals surface area contributed by atoms with Crippen LogP contribution in [-0.4, -0.2) is 57.7 Å². The molecule has 1 aromatic rings. The second kappa shape index (κ2) is 6.47. The predicted molar refractivity (Wildman–Crippen MR) is 81.7 cm³/mol. The van der Waals surface area contributed by atoms with Gasteiger partial charge in [-0.15, -0.1) is 0 Å². The van der Waals surface area contributed by atoms with Crippen LogP contribution in [-0.2, 0) is 16.1 Å². The second-order valence-corrected chi connectivity index (χ2v) is 6.66. The van der Waals surface area contributed by atoms with Gasteiger partial charge >= 0.3 is 0 Å². The number of aromatic nitrogens is 1. The van der Waals surface area contributed by atoms with Gasteiger partial charge in [-0.05, 0) is 12.1 Å². The fourth-order valence-corrected chi connectivity index (χ4v) is 3.72. The van der Waals surface area contributed by atoms with E-state index >= 15 is 0 Å². The van der Waals surface area contributed by atoms with Crippen LogP contribution in [0.25, 0.3) is 0 Å². The topological polar surface area (TPSA) is 53.5 Å². The van der Waals surface area contributed by atoms with Crippen molar-refractivity contribution in [2.45, 2.75) is 13.0 Å². The largest absolute Gasteiger partial charge is 0.341 e. The van der Waals surface area contributed by atoms with Crippen LogP contribution >= 0.6 is 11.8 Å². The molecular formula is C15H19N3O2S. The molecule has 0 spiro atoms. The summed E-state index contributed by atoms with van der Waals surface area (Å²) >= 11 is 1.88. The van der Waals surface area contributed by atoms with Crippen molar-refractivity contribution in [1.29, 1.82) is 0 Å². The van der Waals surface area contributed by atoms with Gasteiger partial charge in [0.05, 0.1) is 18.2 Å². The molecule has 3 rings (SSSR count). The van der Waals surface area contributed by atoms with Gasteiger partial charge in [-0.3, -0.25) is 14.6 Å². The van der Waals surface area contributed by atoms with Crippen molar-refractivity contribution >= 4 is 23.6 Å². The number of carbonyl (C=O) groups is 2.